The van der Waals surface area contributed by atoms with Crippen molar-refractivity contribution < 1.29 is 52.9 Å². The summed E-state index contributed by atoms with van der Waals surface area (Å²) in [4.78, 5) is 143. The normalized spacial score (nSPS) is 11.2. The van der Waals surface area contributed by atoms with Crippen molar-refractivity contribution in [3.8, 4) is 17.6 Å². The van der Waals surface area contributed by atoms with Crippen molar-refractivity contribution in [2.24, 2.45) is 43.3 Å². The van der Waals surface area contributed by atoms with Crippen LogP contribution in [-0.4, -0.2) is 169 Å². The zero-order valence-electron chi connectivity index (χ0n) is 82.6. The number of phenolic OH excluding ortho intramolecular Hbond substituents is 1. The third-order valence-electron chi connectivity index (χ3n) is 18.1. The fourth-order valence-corrected chi connectivity index (χ4v) is 9.82. The number of hydrogen-bond donors (Lipinski definition) is 10. The number of ether oxygens (including phenoxy) is 2. The van der Waals surface area contributed by atoms with Crippen LogP contribution in [0.25, 0.3) is 0 Å². The first-order chi connectivity index (χ1) is 59.8. The van der Waals surface area contributed by atoms with Gasteiger partial charge in [0.2, 0.25) is 58.7 Å². The highest BCUT2D eigenvalue weighted by Crippen LogP contribution is 2.21. The second-order valence-corrected chi connectivity index (χ2v) is 38.9. The minimum atomic E-state index is -0.358. The quantitative estimate of drug-likeness (QED) is 0.0241. The number of aryl methyl sites for hydroxylation is 3. The van der Waals surface area contributed by atoms with Crippen LogP contribution in [0.5, 0.6) is 17.6 Å². The van der Waals surface area contributed by atoms with Crippen LogP contribution in [0.3, 0.4) is 0 Å². The van der Waals surface area contributed by atoms with Crippen molar-refractivity contribution in [2.75, 3.05) is 66.6 Å². The second-order valence-electron chi connectivity index (χ2n) is 38.9. The lowest BCUT2D eigenvalue weighted by molar-refractivity contribution is -0.129. The first kappa shape index (κ1) is 115. The molecule has 10 N–H and O–H groups in total. The van der Waals surface area contributed by atoms with E-state index in [0.717, 1.165) is 101 Å². The molecule has 710 valence electrons. The standard InChI is InChI=1S/C14H21NO2.C13H20N2O2.C13H20N2O.C12H19N3O2.C12H19N3O.C12H18N2O2.C12H18N2O.C11H17N3O/c1-10-9-11(5-6-12(10)16)7-8-15-13(17)14(2,3)4;1-13(2,3)12(16)14-8-7-10-5-6-11(17-4)15-9-10;1-10-9-11(5-7-14-10)6-8-15-12(16)13(2,3)4;1-12(2,3)10(16)13-7-5-9-6-8-14-11(15-9)17-4;1-9-13-7-5-10(15-9)6-8-14-11(16)12(2,3)4;1-12(2,3)11(16)13-7-6-9-4-5-10(15)14-8-9;1-12(2,3)11(15)14-8-6-10-5-4-7-13-9-10;1-11(2,3)10(15)13-7-5-9-4-6-12-8-14-9/h5-6,9,16H,7-8H2,1-4H3,(H,15,17);5-6,9H,7-8H2,1-4H3,(H,14,16);5,7,9H,6,8H2,1-4H3,(H,15,16);6,8H,5,7H2,1-4H3,(H,13,16);5,7H,6,8H2,1-4H3,(H,14,16);4-5,8H,6-7H2,1-3H3,(H,13,16)(H,14,15);4-5,7,9H,6,8H2,1-3H3,(H,14,15);4,6,8H,5,7H2,1-3H3,(H,13,15). The molecule has 7 aromatic heterocycles. The van der Waals surface area contributed by atoms with Gasteiger partial charge in [0.05, 0.1) is 14.2 Å². The molecule has 0 saturated heterocycles. The topological polar surface area (TPSA) is 420 Å². The number of nitrogens with zero attached hydrogens (tertiary/aromatic N) is 9. The number of carbonyl (C=O) groups is 8. The van der Waals surface area contributed by atoms with Crippen molar-refractivity contribution in [3.63, 3.8) is 0 Å². The zero-order valence-corrected chi connectivity index (χ0v) is 82.6. The summed E-state index contributed by atoms with van der Waals surface area (Å²) in [7, 11) is 3.12. The van der Waals surface area contributed by atoms with Crippen LogP contribution in [0.1, 0.15) is 228 Å². The van der Waals surface area contributed by atoms with E-state index in [9.17, 15) is 48.3 Å². The monoisotopic (exact) mass is 1790 g/mol. The van der Waals surface area contributed by atoms with E-state index < -0.39 is 0 Å². The number of hydrogen-bond acceptors (Lipinski definition) is 21. The summed E-state index contributed by atoms with van der Waals surface area (Å²) in [6.45, 7) is 56.2. The van der Waals surface area contributed by atoms with Crippen molar-refractivity contribution >= 4 is 47.3 Å². The number of aromatic hydroxyl groups is 1. The summed E-state index contributed by atoms with van der Waals surface area (Å²) < 4.78 is 9.90. The third kappa shape index (κ3) is 54.1. The Bertz CT molecular complexity index is 4560. The number of H-pyrrole nitrogens is 1. The van der Waals surface area contributed by atoms with Crippen molar-refractivity contribution in [1.29, 1.82) is 0 Å². The van der Waals surface area contributed by atoms with Crippen LogP contribution in [0, 0.1) is 64.1 Å². The van der Waals surface area contributed by atoms with Gasteiger partial charge in [0.15, 0.2) is 0 Å². The number of amides is 8. The Hall–Kier alpha value is -12.0. The maximum atomic E-state index is 11.6. The minimum Gasteiger partial charge on any atom is -0.508 e. The predicted molar refractivity (Wildman–Crippen MR) is 511 cm³/mol. The highest BCUT2D eigenvalue weighted by Gasteiger charge is 2.26. The van der Waals surface area contributed by atoms with Gasteiger partial charge in [-0.3, -0.25) is 53.1 Å². The molecule has 0 aliphatic rings. The average molecular weight is 1790 g/mol. The van der Waals surface area contributed by atoms with Gasteiger partial charge in [-0.05, 0) is 129 Å². The molecule has 0 unspecified atom stereocenters. The number of nitrogens with one attached hydrogen (secondary N) is 9. The van der Waals surface area contributed by atoms with Crippen LogP contribution in [-0.2, 0) is 89.7 Å². The number of phenols is 1. The molecule has 30 heteroatoms. The molecule has 1 aromatic carbocycles. The Labute approximate surface area is 767 Å². The van der Waals surface area contributed by atoms with Gasteiger partial charge < -0.3 is 62.1 Å². The summed E-state index contributed by atoms with van der Waals surface area (Å²) in [6, 6.07) is 26.4. The lowest BCUT2D eigenvalue weighted by Crippen LogP contribution is -2.36. The Kier molecular flexibility index (Phi) is 50.9. The second kappa shape index (κ2) is 57.1. The Morgan fingerprint density at radius 2 is 0.705 bits per heavy atom. The predicted octanol–water partition coefficient (Wildman–Crippen LogP) is 13.0. The molecule has 8 aromatic rings. The van der Waals surface area contributed by atoms with Gasteiger partial charge in [-0.1, -0.05) is 197 Å². The SMILES string of the molecule is CC(C)(C)C(=O)NCCc1ccc(=O)[nH]c1.CC(C)(C)C(=O)NCCc1cccnc1.CC(C)(C)C(=O)NCCc1ccncn1.COc1ccc(CCNC(=O)C(C)(C)C)cn1.COc1nccc(CCNC(=O)C(C)(C)C)n1.Cc1cc(CCNC(=O)C(C)(C)C)ccc1O.Cc1cc(CCNC(=O)C(C)(C)C)ccn1.Cc1nccc(CCNC(=O)C(C)(C)C)n1. The molecular weight excluding hydrogens is 1630 g/mol. The van der Waals surface area contributed by atoms with E-state index in [0.29, 0.717) is 76.4 Å². The molecule has 0 saturated carbocycles. The van der Waals surface area contributed by atoms with Crippen LogP contribution in [0.4, 0.5) is 0 Å². The molecule has 129 heavy (non-hydrogen) atoms. The Morgan fingerprint density at radius 3 is 1.05 bits per heavy atom. The number of benzene rings is 1. The van der Waals surface area contributed by atoms with E-state index in [1.807, 2.05) is 260 Å². The third-order valence-corrected chi connectivity index (χ3v) is 18.1. The molecule has 0 spiro atoms. The van der Waals surface area contributed by atoms with Crippen molar-refractivity contribution in [1.82, 2.24) is 92.4 Å². The molecule has 0 bridgehead atoms. The Morgan fingerprint density at radius 1 is 0.341 bits per heavy atom. The molecule has 0 aliphatic carbocycles. The van der Waals surface area contributed by atoms with Gasteiger partial charge in [0.1, 0.15) is 17.9 Å². The number of carbonyl (C=O) groups excluding carboxylic acids is 8. The first-order valence-electron chi connectivity index (χ1n) is 43.8. The van der Waals surface area contributed by atoms with Crippen LogP contribution >= 0.6 is 0 Å². The van der Waals surface area contributed by atoms with Gasteiger partial charge in [-0.15, -0.1) is 0 Å². The smallest absolute Gasteiger partial charge is 0.316 e. The van der Waals surface area contributed by atoms with E-state index in [4.69, 9.17) is 9.47 Å². The maximum absolute atomic E-state index is 11.6. The number of methoxy groups -OCH3 is 2. The molecule has 8 amide bonds. The number of aromatic amines is 1. The average Bonchev–Trinajstić information content (AvgIpc) is 0.886. The lowest BCUT2D eigenvalue weighted by atomic mass is 9.95. The maximum Gasteiger partial charge on any atom is 0.316 e. The lowest BCUT2D eigenvalue weighted by Gasteiger charge is -2.17. The fourth-order valence-electron chi connectivity index (χ4n) is 9.82. The molecule has 0 radical (unpaired) electrons. The number of pyridine rings is 4. The molecule has 7 heterocycles. The molecule has 0 atom stereocenters. The highest BCUT2D eigenvalue weighted by molar-refractivity contribution is 5.84. The van der Waals surface area contributed by atoms with Crippen molar-refractivity contribution in [3.05, 3.63) is 213 Å². The molecule has 30 nitrogen and oxygen atoms in total. The van der Waals surface area contributed by atoms with Gasteiger partial charge in [0.25, 0.3) is 0 Å². The summed E-state index contributed by atoms with van der Waals surface area (Å²) >= 11 is 0. The Balaban J connectivity index is 0.000000737. The largest absolute Gasteiger partial charge is 0.508 e. The van der Waals surface area contributed by atoms with Crippen LogP contribution < -0.4 is 57.6 Å². The van der Waals surface area contributed by atoms with Gasteiger partial charge in [-0.2, -0.15) is 0 Å². The highest BCUT2D eigenvalue weighted by atomic mass is 16.5. The van der Waals surface area contributed by atoms with Gasteiger partial charge >= 0.3 is 6.01 Å². The van der Waals surface area contributed by atoms with Crippen LogP contribution in [0.2, 0.25) is 0 Å². The fraction of sp³-hybridized carbons (Fsp3) is 0.535. The van der Waals surface area contributed by atoms with E-state index in [2.05, 4.69) is 92.4 Å². The molecular formula is C99H152N18O12. The summed E-state index contributed by atoms with van der Waals surface area (Å²) in [5, 5.41) is 32.5. The molecule has 0 fully saturated rings. The molecule has 0 aliphatic heterocycles. The summed E-state index contributed by atoms with van der Waals surface area (Å²) in [5.74, 6) is 2.21. The summed E-state index contributed by atoms with van der Waals surface area (Å²) in [6.07, 6.45) is 21.5. The van der Waals surface area contributed by atoms with E-state index in [1.165, 1.54) is 25.1 Å². The minimum absolute atomic E-state index is 0.0388. The van der Waals surface area contributed by atoms with E-state index in [-0.39, 0.29) is 96.1 Å². The van der Waals surface area contributed by atoms with Crippen molar-refractivity contribution in [2.45, 2.75) is 238 Å². The number of rotatable bonds is 26. The number of aromatic nitrogens is 10. The van der Waals surface area contributed by atoms with Gasteiger partial charge in [-0.25, -0.2) is 34.9 Å². The molecule has 8 rings (SSSR count). The first-order valence-corrected chi connectivity index (χ1v) is 43.8. The van der Waals surface area contributed by atoms with E-state index >= 15 is 0 Å². The van der Waals surface area contributed by atoms with Crippen LogP contribution in [0.15, 0.2) is 146 Å². The zero-order chi connectivity index (χ0) is 98.0. The van der Waals surface area contributed by atoms with Gasteiger partial charge in [0, 0.05) is 199 Å². The van der Waals surface area contributed by atoms with E-state index in [1.54, 1.807) is 62.6 Å². The summed E-state index contributed by atoms with van der Waals surface area (Å²) in [5.41, 5.74) is 7.42.